The first-order chi connectivity index (χ1) is 43.4. The molecule has 12 nitrogen and oxygen atoms in total. The van der Waals surface area contributed by atoms with Crippen molar-refractivity contribution >= 4 is 60.7 Å². The summed E-state index contributed by atoms with van der Waals surface area (Å²) in [4.78, 5) is 42.5. The predicted molar refractivity (Wildman–Crippen MR) is 349 cm³/mol. The molecule has 11 aromatic carbocycles. The van der Waals surface area contributed by atoms with E-state index in [1.165, 1.54) is 0 Å². The Hall–Kier alpha value is -13.0. The number of hydrogen-bond acceptors (Lipinski definition) is 7. The Bertz CT molecular complexity index is 4900. The van der Waals surface area contributed by atoms with Crippen molar-refractivity contribution in [3.63, 3.8) is 0 Å². The number of benzene rings is 11. The van der Waals surface area contributed by atoms with Crippen molar-refractivity contribution < 1.29 is 0 Å². The molecule has 0 aliphatic heterocycles. The molecule has 0 N–H and O–H groups in total. The summed E-state index contributed by atoms with van der Waals surface area (Å²) in [6, 6.07) is 85.8. The molecule has 0 aliphatic rings. The van der Waals surface area contributed by atoms with E-state index in [9.17, 15) is 5.26 Å². The van der Waals surface area contributed by atoms with E-state index in [1.807, 2.05) is 194 Å². The minimum atomic E-state index is 0.461. The number of hydrogen-bond donors (Lipinski definition) is 0. The highest BCUT2D eigenvalue weighted by atomic mass is 15.1. The Morgan fingerprint density at radius 3 is 0.932 bits per heavy atom. The lowest BCUT2D eigenvalue weighted by Gasteiger charge is -2.18. The molecular weight excluding hydrogens is 1080 g/mol. The molecule has 0 atom stereocenters. The van der Waals surface area contributed by atoms with Gasteiger partial charge in [0.15, 0.2) is 52.0 Å². The number of fused-ring (bicyclic) bond motifs is 6. The summed E-state index contributed by atoms with van der Waals surface area (Å²) in [6.45, 7) is 24.0. The van der Waals surface area contributed by atoms with Gasteiger partial charge in [0.1, 0.15) is 0 Å². The highest BCUT2D eigenvalue weighted by Crippen LogP contribution is 2.43. The van der Waals surface area contributed by atoms with Crippen molar-refractivity contribution in [2.24, 2.45) is 0 Å². The smallest absolute Gasteiger partial charge is 0.188 e. The van der Waals surface area contributed by atoms with Gasteiger partial charge in [-0.3, -0.25) is 0 Å². The molecule has 0 fully saturated rings. The number of aromatic nitrogens is 8. The van der Waals surface area contributed by atoms with E-state index < -0.39 is 0 Å². The molecule has 0 aliphatic carbocycles. The van der Waals surface area contributed by atoms with Crippen molar-refractivity contribution in [2.75, 3.05) is 0 Å². The van der Waals surface area contributed by atoms with Gasteiger partial charge in [-0.15, -0.1) is 0 Å². The van der Waals surface area contributed by atoms with Crippen molar-refractivity contribution in [2.45, 2.75) is 0 Å². The van der Waals surface area contributed by atoms with E-state index in [2.05, 4.69) is 90.4 Å². The van der Waals surface area contributed by atoms with Crippen LogP contribution in [0, 0.1) is 31.0 Å². The van der Waals surface area contributed by atoms with E-state index >= 15 is 0 Å². The van der Waals surface area contributed by atoms with Gasteiger partial charge in [0, 0.05) is 38.8 Å². The Balaban J connectivity index is 0.956. The summed E-state index contributed by atoms with van der Waals surface area (Å²) in [7, 11) is 0. The molecule has 406 valence electrons. The Morgan fingerprint density at radius 1 is 0.284 bits per heavy atom. The van der Waals surface area contributed by atoms with Crippen LogP contribution in [-0.4, -0.2) is 39.0 Å². The minimum absolute atomic E-state index is 0.461. The lowest BCUT2D eigenvalue weighted by molar-refractivity contribution is 1.06. The molecular formula is C76H42N12. The first-order valence-electron chi connectivity index (χ1n) is 28.2. The van der Waals surface area contributed by atoms with E-state index in [0.717, 1.165) is 111 Å². The largest absolute Gasteiger partial charge is 0.309 e. The molecule has 0 spiro atoms. The molecule has 0 saturated carbocycles. The number of nitrogens with zero attached hydrogens (tertiary/aromatic N) is 12. The normalized spacial score (nSPS) is 11.1. The summed E-state index contributed by atoms with van der Waals surface area (Å²) in [5, 5.41) is 13.5. The molecule has 4 aromatic heterocycles. The molecule has 0 amide bonds. The molecule has 15 aromatic rings. The average molecular weight is 1120 g/mol. The third kappa shape index (κ3) is 9.18. The summed E-state index contributed by atoms with van der Waals surface area (Å²) in [5.41, 5.74) is 15.4. The molecule has 4 heterocycles. The lowest BCUT2D eigenvalue weighted by Crippen LogP contribution is -2.04. The first-order valence-corrected chi connectivity index (χ1v) is 28.2. The fourth-order valence-electron chi connectivity index (χ4n) is 11.7. The van der Waals surface area contributed by atoms with Gasteiger partial charge in [-0.2, -0.15) is 5.26 Å². The Labute approximate surface area is 505 Å². The molecule has 12 heteroatoms. The average Bonchev–Trinajstić information content (AvgIpc) is 1.77. The third-order valence-corrected chi connectivity index (χ3v) is 15.9. The monoisotopic (exact) mass is 1120 g/mol. The minimum Gasteiger partial charge on any atom is -0.309 e. The molecule has 0 bridgehead atoms. The maximum Gasteiger partial charge on any atom is 0.188 e. The van der Waals surface area contributed by atoms with Crippen molar-refractivity contribution in [3.05, 3.63) is 295 Å². The van der Waals surface area contributed by atoms with Gasteiger partial charge in [-0.25, -0.2) is 44.4 Å². The van der Waals surface area contributed by atoms with Gasteiger partial charge < -0.3 is 9.13 Å². The van der Waals surface area contributed by atoms with Crippen LogP contribution in [0.4, 0.5) is 17.1 Å². The van der Waals surface area contributed by atoms with Crippen molar-refractivity contribution in [1.29, 1.82) is 5.26 Å². The van der Waals surface area contributed by atoms with Crippen molar-refractivity contribution in [1.82, 2.24) is 39.0 Å². The fourth-order valence-corrected chi connectivity index (χ4v) is 11.7. The van der Waals surface area contributed by atoms with Crippen LogP contribution in [0.2, 0.25) is 0 Å². The molecule has 88 heavy (non-hydrogen) atoms. The van der Waals surface area contributed by atoms with Gasteiger partial charge in [0.25, 0.3) is 0 Å². The maximum atomic E-state index is 10.2. The van der Waals surface area contributed by atoms with Crippen LogP contribution in [0.25, 0.3) is 160 Å². The van der Waals surface area contributed by atoms with Crippen LogP contribution in [0.5, 0.6) is 0 Å². The van der Waals surface area contributed by atoms with Gasteiger partial charge in [-0.1, -0.05) is 170 Å². The SMILES string of the molecule is [C-]#[N+]c1ccc2c(c1)c1cc(C#N)ccc1n2-c1cc(-c2cccc(-c3ccc(-c4nc(-c5ccccc5)nc(-c5ccccc5)n4)c(-n4c5ccc([N+]#[C-])cc5c5cc([N+]#[C-])ccc54)c3)c2)ccc1-c1nc(-c2ccccc2)nc(-c2ccccc2)n1. The second kappa shape index (κ2) is 21.6. The topological polar surface area (TPSA) is 124 Å². The van der Waals surface area contributed by atoms with Crippen LogP contribution in [-0.2, 0) is 0 Å². The maximum absolute atomic E-state index is 10.2. The van der Waals surface area contributed by atoms with Gasteiger partial charge in [-0.05, 0) is 123 Å². The van der Waals surface area contributed by atoms with Crippen LogP contribution in [0.15, 0.2) is 255 Å². The molecule has 0 radical (unpaired) electrons. The highest BCUT2D eigenvalue weighted by Gasteiger charge is 2.24. The predicted octanol–water partition coefficient (Wildman–Crippen LogP) is 19.1. The van der Waals surface area contributed by atoms with Crippen LogP contribution < -0.4 is 0 Å². The summed E-state index contributed by atoms with van der Waals surface area (Å²) in [5.74, 6) is 3.01. The van der Waals surface area contributed by atoms with Crippen LogP contribution in [0.3, 0.4) is 0 Å². The zero-order valence-corrected chi connectivity index (χ0v) is 46.6. The van der Waals surface area contributed by atoms with Gasteiger partial charge >= 0.3 is 0 Å². The van der Waals surface area contributed by atoms with E-state index in [-0.39, 0.29) is 0 Å². The molecule has 0 unspecified atom stereocenters. The zero-order chi connectivity index (χ0) is 59.2. The van der Waals surface area contributed by atoms with Gasteiger partial charge in [0.05, 0.1) is 64.8 Å². The van der Waals surface area contributed by atoms with Crippen LogP contribution >= 0.6 is 0 Å². The van der Waals surface area contributed by atoms with Crippen molar-refractivity contribution in [3.8, 4) is 108 Å². The Kier molecular flexibility index (Phi) is 12.7. The summed E-state index contributed by atoms with van der Waals surface area (Å²) < 4.78 is 4.37. The van der Waals surface area contributed by atoms with E-state index in [1.54, 1.807) is 0 Å². The summed E-state index contributed by atoms with van der Waals surface area (Å²) in [6.07, 6.45) is 0. The second-order valence-electron chi connectivity index (χ2n) is 21.1. The second-order valence-corrected chi connectivity index (χ2v) is 21.1. The Morgan fingerprint density at radius 2 is 0.591 bits per heavy atom. The van der Waals surface area contributed by atoms with Crippen LogP contribution in [0.1, 0.15) is 5.56 Å². The number of nitriles is 1. The standard InChI is InChI=1S/C76H42N12/c1-78-56-30-36-66-62(43-56)61-39-47(46-77)27-35-65(61)87(66)69-41-54(28-33-59(69)75-83-71(48-17-8-4-9-18-48)81-72(84-75)49-19-10-5-11-20-49)52-25-16-26-53(40-52)55-29-34-60(76-85-73(50-21-12-6-13-22-50)82-74(86-76)51-23-14-7-15-24-51)70(42-55)88-67-37-31-57(79-2)44-63(67)64-45-58(80-3)32-38-68(64)88/h4-45H. The van der Waals surface area contributed by atoms with E-state index in [0.29, 0.717) is 57.6 Å². The highest BCUT2D eigenvalue weighted by molar-refractivity contribution is 6.13. The van der Waals surface area contributed by atoms with E-state index in [4.69, 9.17) is 49.6 Å². The lowest BCUT2D eigenvalue weighted by atomic mass is 9.96. The molecule has 15 rings (SSSR count). The first kappa shape index (κ1) is 51.8. The fraction of sp³-hybridized carbons (Fsp3) is 0. The quantitative estimate of drug-likeness (QED) is 0.125. The molecule has 0 saturated heterocycles. The zero-order valence-electron chi connectivity index (χ0n) is 46.6. The third-order valence-electron chi connectivity index (χ3n) is 15.9. The number of rotatable bonds is 10. The summed E-state index contributed by atoms with van der Waals surface area (Å²) >= 11 is 0. The van der Waals surface area contributed by atoms with Gasteiger partial charge in [0.2, 0.25) is 0 Å².